The van der Waals surface area contributed by atoms with Crippen molar-refractivity contribution in [1.29, 1.82) is 0 Å². The second-order valence-corrected chi connectivity index (χ2v) is 5.38. The number of nitrogens with one attached hydrogen (secondary N) is 1. The predicted octanol–water partition coefficient (Wildman–Crippen LogP) is 2.14. The Labute approximate surface area is 115 Å². The fraction of sp³-hybridized carbons (Fsp3) is 0.667. The molecule has 0 aromatic carbocycles. The molecule has 19 heavy (non-hydrogen) atoms. The van der Waals surface area contributed by atoms with Gasteiger partial charge in [-0.25, -0.2) is 4.98 Å². The second kappa shape index (κ2) is 6.35. The molecule has 1 aromatic heterocycles. The zero-order valence-corrected chi connectivity index (χ0v) is 12.0. The van der Waals surface area contributed by atoms with E-state index in [9.17, 15) is 0 Å². The Balaban J connectivity index is 2.12. The number of rotatable bonds is 7. The van der Waals surface area contributed by atoms with Gasteiger partial charge in [0, 0.05) is 19.3 Å². The van der Waals surface area contributed by atoms with Crippen LogP contribution in [0, 0.1) is 0 Å². The number of pyridine rings is 1. The van der Waals surface area contributed by atoms with E-state index in [1.165, 1.54) is 6.42 Å². The van der Waals surface area contributed by atoms with Crippen LogP contribution in [0.2, 0.25) is 0 Å². The van der Waals surface area contributed by atoms with Crippen molar-refractivity contribution in [2.24, 2.45) is 0 Å². The molecule has 1 aliphatic rings. The van der Waals surface area contributed by atoms with E-state index in [4.69, 9.17) is 10.5 Å². The first-order valence-corrected chi connectivity index (χ1v) is 7.20. The van der Waals surface area contributed by atoms with Crippen molar-refractivity contribution in [1.82, 2.24) is 10.3 Å². The topological polar surface area (TPSA) is 60.2 Å². The monoisotopic (exact) mass is 263 g/mol. The number of methoxy groups -OCH3 is 1. The number of ether oxygens (including phenoxy) is 1. The number of nitrogen functional groups attached to an aromatic ring is 1. The lowest BCUT2D eigenvalue weighted by Crippen LogP contribution is -2.57. The molecule has 4 nitrogen and oxygen atoms in total. The van der Waals surface area contributed by atoms with Crippen molar-refractivity contribution in [2.75, 3.05) is 19.4 Å². The van der Waals surface area contributed by atoms with E-state index in [1.54, 1.807) is 6.20 Å². The highest BCUT2D eigenvalue weighted by molar-refractivity contribution is 5.39. The van der Waals surface area contributed by atoms with Gasteiger partial charge in [-0.3, -0.25) is 0 Å². The molecule has 0 aliphatic heterocycles. The maximum Gasteiger partial charge on any atom is 0.126 e. The number of anilines is 1. The lowest BCUT2D eigenvalue weighted by atomic mass is 9.72. The molecule has 1 aliphatic carbocycles. The van der Waals surface area contributed by atoms with Gasteiger partial charge >= 0.3 is 0 Å². The quantitative estimate of drug-likeness (QED) is 0.791. The SMILES string of the molecule is CCCNC(Cc1cccnc1N)C1(OC)CCC1. The van der Waals surface area contributed by atoms with Gasteiger partial charge in [-0.15, -0.1) is 0 Å². The molecular weight excluding hydrogens is 238 g/mol. The number of hydrogen-bond donors (Lipinski definition) is 2. The van der Waals surface area contributed by atoms with Crippen LogP contribution in [0.3, 0.4) is 0 Å². The normalized spacial score (nSPS) is 18.8. The molecule has 0 amide bonds. The minimum atomic E-state index is -0.0164. The summed E-state index contributed by atoms with van der Waals surface area (Å²) in [6.45, 7) is 3.19. The fourth-order valence-electron chi connectivity index (χ4n) is 2.83. The van der Waals surface area contributed by atoms with Crippen LogP contribution in [0.5, 0.6) is 0 Å². The number of hydrogen-bond acceptors (Lipinski definition) is 4. The largest absolute Gasteiger partial charge is 0.383 e. The standard InChI is InChI=1S/C15H25N3O/c1-3-9-17-13(15(19-2)7-5-8-15)11-12-6-4-10-18-14(12)16/h4,6,10,13,17H,3,5,7-9,11H2,1-2H3,(H2,16,18). The van der Waals surface area contributed by atoms with Gasteiger partial charge in [0.05, 0.1) is 5.60 Å². The molecule has 3 N–H and O–H groups in total. The summed E-state index contributed by atoms with van der Waals surface area (Å²) in [6.07, 6.45) is 7.26. The van der Waals surface area contributed by atoms with Crippen LogP contribution < -0.4 is 11.1 Å². The van der Waals surface area contributed by atoms with Gasteiger partial charge in [0.25, 0.3) is 0 Å². The first-order chi connectivity index (χ1) is 9.22. The molecule has 0 radical (unpaired) electrons. The van der Waals surface area contributed by atoms with Crippen molar-refractivity contribution < 1.29 is 4.74 Å². The molecule has 1 heterocycles. The van der Waals surface area contributed by atoms with Crippen LogP contribution in [0.15, 0.2) is 18.3 Å². The molecule has 1 aromatic rings. The van der Waals surface area contributed by atoms with Crippen molar-refractivity contribution >= 4 is 5.82 Å². The Hall–Kier alpha value is -1.13. The van der Waals surface area contributed by atoms with E-state index < -0.39 is 0 Å². The molecule has 106 valence electrons. The van der Waals surface area contributed by atoms with Gasteiger partial charge in [0.2, 0.25) is 0 Å². The van der Waals surface area contributed by atoms with E-state index >= 15 is 0 Å². The summed E-state index contributed by atoms with van der Waals surface area (Å²) in [5, 5.41) is 3.63. The van der Waals surface area contributed by atoms with Gasteiger partial charge in [0.15, 0.2) is 0 Å². The Morgan fingerprint density at radius 2 is 2.32 bits per heavy atom. The van der Waals surface area contributed by atoms with E-state index in [0.717, 1.165) is 37.8 Å². The van der Waals surface area contributed by atoms with Crippen molar-refractivity contribution in [2.45, 2.75) is 50.7 Å². The van der Waals surface area contributed by atoms with E-state index in [1.807, 2.05) is 13.2 Å². The average molecular weight is 263 g/mol. The third-order valence-electron chi connectivity index (χ3n) is 4.23. The first kappa shape index (κ1) is 14.3. The zero-order valence-electron chi connectivity index (χ0n) is 12.0. The molecule has 0 spiro atoms. The Morgan fingerprint density at radius 3 is 2.84 bits per heavy atom. The minimum absolute atomic E-state index is 0.0164. The van der Waals surface area contributed by atoms with Crippen LogP contribution in [-0.2, 0) is 11.2 Å². The molecule has 1 fully saturated rings. The van der Waals surface area contributed by atoms with Crippen LogP contribution in [-0.4, -0.2) is 30.3 Å². The Bertz CT molecular complexity index is 399. The average Bonchev–Trinajstić information content (AvgIpc) is 2.37. The van der Waals surface area contributed by atoms with Gasteiger partial charge in [0.1, 0.15) is 5.82 Å². The van der Waals surface area contributed by atoms with Crippen molar-refractivity contribution in [3.8, 4) is 0 Å². The lowest BCUT2D eigenvalue weighted by molar-refractivity contribution is -0.0980. The molecule has 2 rings (SSSR count). The van der Waals surface area contributed by atoms with Crippen LogP contribution in [0.25, 0.3) is 0 Å². The first-order valence-electron chi connectivity index (χ1n) is 7.20. The summed E-state index contributed by atoms with van der Waals surface area (Å²) in [7, 11) is 1.83. The lowest BCUT2D eigenvalue weighted by Gasteiger charge is -2.47. The van der Waals surface area contributed by atoms with Gasteiger partial charge in [-0.1, -0.05) is 13.0 Å². The number of aromatic nitrogens is 1. The number of nitrogens with zero attached hydrogens (tertiary/aromatic N) is 1. The van der Waals surface area contributed by atoms with E-state index in [-0.39, 0.29) is 5.60 Å². The van der Waals surface area contributed by atoms with Gasteiger partial charge in [-0.2, -0.15) is 0 Å². The van der Waals surface area contributed by atoms with E-state index in [0.29, 0.717) is 11.9 Å². The molecule has 0 bridgehead atoms. The Morgan fingerprint density at radius 1 is 1.53 bits per heavy atom. The summed E-state index contributed by atoms with van der Waals surface area (Å²) in [5.74, 6) is 0.636. The van der Waals surface area contributed by atoms with Crippen LogP contribution >= 0.6 is 0 Å². The molecule has 4 heteroatoms. The smallest absolute Gasteiger partial charge is 0.126 e. The van der Waals surface area contributed by atoms with Crippen molar-refractivity contribution in [3.63, 3.8) is 0 Å². The fourth-order valence-corrected chi connectivity index (χ4v) is 2.83. The van der Waals surface area contributed by atoms with Gasteiger partial charge in [-0.05, 0) is 50.3 Å². The highest BCUT2D eigenvalue weighted by atomic mass is 16.5. The third kappa shape index (κ3) is 3.07. The zero-order chi connectivity index (χ0) is 13.7. The molecule has 1 saturated carbocycles. The summed E-state index contributed by atoms with van der Waals surface area (Å²) >= 11 is 0. The van der Waals surface area contributed by atoms with E-state index in [2.05, 4.69) is 23.3 Å². The highest BCUT2D eigenvalue weighted by Crippen LogP contribution is 2.39. The third-order valence-corrected chi connectivity index (χ3v) is 4.23. The number of nitrogens with two attached hydrogens (primary N) is 1. The maximum absolute atomic E-state index is 5.96. The predicted molar refractivity (Wildman–Crippen MR) is 78.0 cm³/mol. The highest BCUT2D eigenvalue weighted by Gasteiger charge is 2.44. The van der Waals surface area contributed by atoms with Gasteiger partial charge < -0.3 is 15.8 Å². The molecule has 1 atom stereocenters. The summed E-state index contributed by atoms with van der Waals surface area (Å²) < 4.78 is 5.82. The van der Waals surface area contributed by atoms with Crippen LogP contribution in [0.1, 0.15) is 38.2 Å². The van der Waals surface area contributed by atoms with Crippen LogP contribution in [0.4, 0.5) is 5.82 Å². The summed E-state index contributed by atoms with van der Waals surface area (Å²) in [5.41, 5.74) is 7.06. The molecule has 0 saturated heterocycles. The molecule has 1 unspecified atom stereocenters. The summed E-state index contributed by atoms with van der Waals surface area (Å²) in [6, 6.07) is 4.33. The second-order valence-electron chi connectivity index (χ2n) is 5.38. The minimum Gasteiger partial charge on any atom is -0.383 e. The molecular formula is C15H25N3O. The summed E-state index contributed by atoms with van der Waals surface area (Å²) in [4.78, 5) is 4.17. The maximum atomic E-state index is 5.96. The Kier molecular flexibility index (Phi) is 4.77. The van der Waals surface area contributed by atoms with Crippen molar-refractivity contribution in [3.05, 3.63) is 23.9 Å².